The fourth-order valence-corrected chi connectivity index (χ4v) is 5.38. The van der Waals surface area contributed by atoms with Crippen molar-refractivity contribution in [2.45, 2.75) is 38.7 Å². The largest absolute Gasteiger partial charge is 0.496 e. The number of methoxy groups -OCH3 is 1. The molecule has 1 N–H and O–H groups in total. The Bertz CT molecular complexity index is 1420. The number of benzene rings is 2. The van der Waals surface area contributed by atoms with Crippen molar-refractivity contribution in [2.24, 2.45) is 10.9 Å². The van der Waals surface area contributed by atoms with Crippen LogP contribution >= 0.6 is 15.9 Å². The summed E-state index contributed by atoms with van der Waals surface area (Å²) in [7, 11) is 1.62. The van der Waals surface area contributed by atoms with Crippen LogP contribution in [0.2, 0.25) is 0 Å². The second kappa shape index (κ2) is 11.3. The molecule has 1 amide bonds. The number of nitrogens with one attached hydrogen (secondary N) is 1. The van der Waals surface area contributed by atoms with Crippen molar-refractivity contribution in [3.05, 3.63) is 93.7 Å². The number of nitrogens with zero attached hydrogens (tertiary/aromatic N) is 2. The highest BCUT2D eigenvalue weighted by atomic mass is 79.9. The van der Waals surface area contributed by atoms with Crippen molar-refractivity contribution >= 4 is 39.1 Å². The number of carbonyl (C=O) groups is 2. The van der Waals surface area contributed by atoms with E-state index in [0.29, 0.717) is 29.3 Å². The van der Waals surface area contributed by atoms with E-state index in [2.05, 4.69) is 26.2 Å². The molecule has 1 aliphatic carbocycles. The molecule has 0 spiro atoms. The third-order valence-electron chi connectivity index (χ3n) is 6.90. The van der Waals surface area contributed by atoms with Crippen LogP contribution in [-0.2, 0) is 16.2 Å². The lowest BCUT2D eigenvalue weighted by Crippen LogP contribution is -2.39. The van der Waals surface area contributed by atoms with E-state index in [1.165, 1.54) is 0 Å². The molecule has 2 aliphatic rings. The lowest BCUT2D eigenvalue weighted by molar-refractivity contribution is -0.119. The molecule has 0 fully saturated rings. The van der Waals surface area contributed by atoms with Gasteiger partial charge in [0, 0.05) is 45.6 Å². The minimum Gasteiger partial charge on any atom is -0.496 e. The van der Waals surface area contributed by atoms with Gasteiger partial charge in [0.25, 0.3) is 0 Å². The molecule has 38 heavy (non-hydrogen) atoms. The third kappa shape index (κ3) is 5.41. The summed E-state index contributed by atoms with van der Waals surface area (Å²) in [6.45, 7) is 2.14. The molecule has 1 unspecified atom stereocenters. The zero-order valence-corrected chi connectivity index (χ0v) is 22.8. The predicted molar refractivity (Wildman–Crippen MR) is 150 cm³/mol. The van der Waals surface area contributed by atoms with Gasteiger partial charge < -0.3 is 14.8 Å². The van der Waals surface area contributed by atoms with E-state index in [0.717, 1.165) is 39.9 Å². The molecule has 0 bridgehead atoms. The van der Waals surface area contributed by atoms with Gasteiger partial charge in [-0.05, 0) is 77.7 Å². The number of pyridine rings is 1. The molecule has 194 valence electrons. The number of allylic oxidation sites excluding steroid dienone is 2. The number of carbonyl (C=O) groups excluding carboxylic acids is 2. The maximum absolute atomic E-state index is 13.7. The van der Waals surface area contributed by atoms with Crippen molar-refractivity contribution in [3.8, 4) is 11.5 Å². The van der Waals surface area contributed by atoms with Gasteiger partial charge in [-0.1, -0.05) is 24.3 Å². The average Bonchev–Trinajstić information content (AvgIpc) is 2.93. The second-order valence-electron chi connectivity index (χ2n) is 9.37. The van der Waals surface area contributed by atoms with E-state index < -0.39 is 11.8 Å². The molecular weight excluding hydrogens is 546 g/mol. The number of hydrogen-bond donors (Lipinski definition) is 1. The van der Waals surface area contributed by atoms with Crippen LogP contribution < -0.4 is 14.8 Å². The summed E-state index contributed by atoms with van der Waals surface area (Å²) in [5.41, 5.74) is 3.76. The van der Waals surface area contributed by atoms with E-state index in [1.54, 1.807) is 19.4 Å². The summed E-state index contributed by atoms with van der Waals surface area (Å²) in [5, 5.41) is 2.93. The Morgan fingerprint density at radius 3 is 2.66 bits per heavy atom. The molecular formula is C30H28BrN3O4. The van der Waals surface area contributed by atoms with Crippen LogP contribution in [0, 0.1) is 5.92 Å². The monoisotopic (exact) mass is 573 g/mol. The summed E-state index contributed by atoms with van der Waals surface area (Å²) >= 11 is 3.37. The molecule has 1 aromatic heterocycles. The zero-order chi connectivity index (χ0) is 26.6. The Kier molecular flexibility index (Phi) is 7.69. The van der Waals surface area contributed by atoms with E-state index >= 15 is 0 Å². The van der Waals surface area contributed by atoms with Crippen molar-refractivity contribution < 1.29 is 19.1 Å². The van der Waals surface area contributed by atoms with Gasteiger partial charge in [0.15, 0.2) is 5.78 Å². The number of halogens is 1. The fourth-order valence-electron chi connectivity index (χ4n) is 5.14. The molecule has 1 aliphatic heterocycles. The topological polar surface area (TPSA) is 89.9 Å². The van der Waals surface area contributed by atoms with Crippen molar-refractivity contribution in [1.29, 1.82) is 0 Å². The van der Waals surface area contributed by atoms with Crippen molar-refractivity contribution in [1.82, 2.24) is 4.98 Å². The van der Waals surface area contributed by atoms with Crippen LogP contribution in [0.15, 0.2) is 87.6 Å². The van der Waals surface area contributed by atoms with Gasteiger partial charge in [-0.2, -0.15) is 0 Å². The number of para-hydroxylation sites is 1. The van der Waals surface area contributed by atoms with Gasteiger partial charge >= 0.3 is 0 Å². The van der Waals surface area contributed by atoms with E-state index in [4.69, 9.17) is 14.5 Å². The van der Waals surface area contributed by atoms with E-state index in [-0.39, 0.29) is 18.3 Å². The standard InChI is InChI=1S/C30H28BrN3O4/c1-18-27(30(36)34-26-14-12-21(31)16-32-26)28(29-23(33-18)9-6-10-24(29)35)19-11-13-25(37-2)20(15-19)17-38-22-7-4-3-5-8-22/h3-5,7-8,11-16,27-28H,6,9-10,17H2,1-2H3,(H,32,34,36)/t27?,28-/m0/s1. The first-order chi connectivity index (χ1) is 18.4. The third-order valence-corrected chi connectivity index (χ3v) is 7.37. The number of amides is 1. The molecule has 0 radical (unpaired) electrons. The van der Waals surface area contributed by atoms with Crippen LogP contribution in [0.25, 0.3) is 0 Å². The number of hydrogen-bond acceptors (Lipinski definition) is 6. The zero-order valence-electron chi connectivity index (χ0n) is 21.2. The highest BCUT2D eigenvalue weighted by molar-refractivity contribution is 9.10. The predicted octanol–water partition coefficient (Wildman–Crippen LogP) is 6.25. The quantitative estimate of drug-likeness (QED) is 0.360. The number of aromatic nitrogens is 1. The average molecular weight is 574 g/mol. The van der Waals surface area contributed by atoms with E-state index in [1.807, 2.05) is 61.5 Å². The first kappa shape index (κ1) is 25.9. The summed E-state index contributed by atoms with van der Waals surface area (Å²) < 4.78 is 12.4. The van der Waals surface area contributed by atoms with Gasteiger partial charge in [0.05, 0.1) is 13.0 Å². The minimum atomic E-state index is -0.669. The van der Waals surface area contributed by atoms with Gasteiger partial charge in [-0.25, -0.2) is 4.98 Å². The van der Waals surface area contributed by atoms with Crippen LogP contribution in [0.4, 0.5) is 5.82 Å². The fraction of sp³-hybridized carbons (Fsp3) is 0.267. The Hall–Kier alpha value is -3.78. The summed E-state index contributed by atoms with van der Waals surface area (Å²) in [6, 6.07) is 18.9. The number of Topliss-reactive ketones (excluding diaryl/α,β-unsaturated/α-hetero) is 1. The van der Waals surface area contributed by atoms with Crippen molar-refractivity contribution in [3.63, 3.8) is 0 Å². The van der Waals surface area contributed by atoms with Gasteiger partial charge in [-0.3, -0.25) is 14.6 Å². The summed E-state index contributed by atoms with van der Waals surface area (Å²) in [5.74, 6) is 0.497. The maximum atomic E-state index is 13.7. The van der Waals surface area contributed by atoms with E-state index in [9.17, 15) is 9.59 Å². The lowest BCUT2D eigenvalue weighted by Gasteiger charge is -2.35. The number of rotatable bonds is 7. The molecule has 0 saturated carbocycles. The minimum absolute atomic E-state index is 0.0463. The van der Waals surface area contributed by atoms with Crippen LogP contribution in [0.1, 0.15) is 43.2 Å². The second-order valence-corrected chi connectivity index (χ2v) is 10.3. The Morgan fingerprint density at radius 2 is 1.92 bits per heavy atom. The highest BCUT2D eigenvalue weighted by Gasteiger charge is 2.42. The Balaban J connectivity index is 1.53. The van der Waals surface area contributed by atoms with Gasteiger partial charge in [0.1, 0.15) is 23.9 Å². The number of anilines is 1. The molecule has 3 aromatic rings. The molecule has 5 rings (SSSR count). The SMILES string of the molecule is COc1ccc([C@@H]2C3=C(CCCC3=O)N=C(C)C2C(=O)Nc2ccc(Br)cn2)cc1COc1ccccc1. The number of ether oxygens (including phenoxy) is 2. The summed E-state index contributed by atoms with van der Waals surface area (Å²) in [6.07, 6.45) is 3.56. The lowest BCUT2D eigenvalue weighted by atomic mass is 9.71. The Labute approximate surface area is 230 Å². The van der Waals surface area contributed by atoms with Crippen LogP contribution in [-0.4, -0.2) is 29.5 Å². The Morgan fingerprint density at radius 1 is 1.11 bits per heavy atom. The number of ketones is 1. The van der Waals surface area contributed by atoms with Crippen molar-refractivity contribution in [2.75, 3.05) is 12.4 Å². The molecule has 2 aromatic carbocycles. The smallest absolute Gasteiger partial charge is 0.235 e. The van der Waals surface area contributed by atoms with Crippen LogP contribution in [0.5, 0.6) is 11.5 Å². The normalized spacial score (nSPS) is 18.9. The first-order valence-corrected chi connectivity index (χ1v) is 13.3. The molecule has 2 atom stereocenters. The molecule has 0 saturated heterocycles. The molecule has 2 heterocycles. The maximum Gasteiger partial charge on any atom is 0.235 e. The van der Waals surface area contributed by atoms with Gasteiger partial charge in [-0.15, -0.1) is 0 Å². The highest BCUT2D eigenvalue weighted by Crippen LogP contribution is 2.44. The molecule has 8 heteroatoms. The number of aliphatic imine (C=N–C) groups is 1. The van der Waals surface area contributed by atoms with Crippen LogP contribution in [0.3, 0.4) is 0 Å². The first-order valence-electron chi connectivity index (χ1n) is 12.5. The molecule has 7 nitrogen and oxygen atoms in total. The van der Waals surface area contributed by atoms with Gasteiger partial charge in [0.2, 0.25) is 5.91 Å². The summed E-state index contributed by atoms with van der Waals surface area (Å²) in [4.78, 5) is 36.0.